The quantitative estimate of drug-likeness (QED) is 0.816. The van der Waals surface area contributed by atoms with Crippen LogP contribution in [0, 0.1) is 11.7 Å². The Labute approximate surface area is 142 Å². The fourth-order valence-electron chi connectivity index (χ4n) is 3.19. The van der Waals surface area contributed by atoms with Gasteiger partial charge in [0.2, 0.25) is 0 Å². The Hall–Kier alpha value is -0.160. The number of hydrogen-bond acceptors (Lipinski definition) is 2. The number of nitrogens with zero attached hydrogens (tertiary/aromatic N) is 1. The molecule has 0 saturated carbocycles. The van der Waals surface area contributed by atoms with Gasteiger partial charge in [-0.1, -0.05) is 42.3 Å². The topological polar surface area (TPSA) is 15.3 Å². The molecule has 1 unspecified atom stereocenters. The Kier molecular flexibility index (Phi) is 8.17. The van der Waals surface area contributed by atoms with Gasteiger partial charge in [0.15, 0.2) is 0 Å². The van der Waals surface area contributed by atoms with Crippen molar-refractivity contribution in [3.05, 3.63) is 34.1 Å². The minimum Gasteiger partial charge on any atom is -0.314 e. The SMILES string of the molecule is CCCC(C)[C@H](c1c(F)cccc1Br)N1CCNCC1.Cl. The Balaban J connectivity index is 0.00000220. The zero-order valence-corrected chi connectivity index (χ0v) is 15.1. The van der Waals surface area contributed by atoms with E-state index in [0.717, 1.165) is 49.1 Å². The number of benzene rings is 1. The van der Waals surface area contributed by atoms with E-state index in [2.05, 4.69) is 40.0 Å². The van der Waals surface area contributed by atoms with E-state index < -0.39 is 0 Å². The van der Waals surface area contributed by atoms with E-state index in [9.17, 15) is 4.39 Å². The third-order valence-corrected chi connectivity index (χ3v) is 4.81. The van der Waals surface area contributed by atoms with Crippen LogP contribution in [0.5, 0.6) is 0 Å². The Morgan fingerprint density at radius 3 is 2.57 bits per heavy atom. The second kappa shape index (κ2) is 9.09. The van der Waals surface area contributed by atoms with Gasteiger partial charge in [-0.25, -0.2) is 4.39 Å². The van der Waals surface area contributed by atoms with Crippen LogP contribution in [0.25, 0.3) is 0 Å². The van der Waals surface area contributed by atoms with E-state index >= 15 is 0 Å². The molecule has 2 atom stereocenters. The van der Waals surface area contributed by atoms with Crippen molar-refractivity contribution in [1.29, 1.82) is 0 Å². The molecule has 1 aromatic rings. The summed E-state index contributed by atoms with van der Waals surface area (Å²) in [5, 5.41) is 3.37. The smallest absolute Gasteiger partial charge is 0.129 e. The molecule has 1 N–H and O–H groups in total. The number of piperazine rings is 1. The van der Waals surface area contributed by atoms with Crippen LogP contribution in [0.15, 0.2) is 22.7 Å². The molecule has 21 heavy (non-hydrogen) atoms. The molecular weight excluding hydrogens is 355 g/mol. The van der Waals surface area contributed by atoms with Crippen LogP contribution >= 0.6 is 28.3 Å². The van der Waals surface area contributed by atoms with E-state index in [1.807, 2.05) is 6.07 Å². The number of nitrogens with one attached hydrogen (secondary N) is 1. The highest BCUT2D eigenvalue weighted by Crippen LogP contribution is 2.37. The van der Waals surface area contributed by atoms with Crippen molar-refractivity contribution in [3.63, 3.8) is 0 Å². The Bertz CT molecular complexity index is 418. The minimum atomic E-state index is -0.0918. The van der Waals surface area contributed by atoms with Gasteiger partial charge in [0.1, 0.15) is 5.82 Å². The zero-order chi connectivity index (χ0) is 14.5. The first-order valence-corrected chi connectivity index (χ1v) is 8.33. The highest BCUT2D eigenvalue weighted by atomic mass is 79.9. The molecule has 2 rings (SSSR count). The van der Waals surface area contributed by atoms with E-state index in [0.29, 0.717) is 5.92 Å². The second-order valence-corrected chi connectivity index (χ2v) is 6.49. The van der Waals surface area contributed by atoms with E-state index in [-0.39, 0.29) is 24.3 Å². The first-order valence-electron chi connectivity index (χ1n) is 7.53. The molecule has 0 bridgehead atoms. The average molecular weight is 380 g/mol. The number of rotatable bonds is 5. The van der Waals surface area contributed by atoms with Crippen molar-refractivity contribution in [2.24, 2.45) is 5.92 Å². The first-order chi connectivity index (χ1) is 9.65. The summed E-state index contributed by atoms with van der Waals surface area (Å²) in [5.41, 5.74) is 0.829. The van der Waals surface area contributed by atoms with Gasteiger partial charge in [-0.3, -0.25) is 4.90 Å². The van der Waals surface area contributed by atoms with Crippen LogP contribution in [-0.4, -0.2) is 31.1 Å². The highest BCUT2D eigenvalue weighted by Gasteiger charge is 2.30. The third-order valence-electron chi connectivity index (χ3n) is 4.12. The summed E-state index contributed by atoms with van der Waals surface area (Å²) in [6, 6.07) is 5.45. The van der Waals surface area contributed by atoms with Crippen molar-refractivity contribution < 1.29 is 4.39 Å². The van der Waals surface area contributed by atoms with Crippen LogP contribution in [0.2, 0.25) is 0 Å². The van der Waals surface area contributed by atoms with E-state index in [1.165, 1.54) is 0 Å². The largest absolute Gasteiger partial charge is 0.314 e. The molecule has 0 aliphatic carbocycles. The minimum absolute atomic E-state index is 0. The molecule has 1 aromatic carbocycles. The lowest BCUT2D eigenvalue weighted by Gasteiger charge is -2.39. The zero-order valence-electron chi connectivity index (χ0n) is 12.7. The second-order valence-electron chi connectivity index (χ2n) is 5.63. The first kappa shape index (κ1) is 18.9. The number of halogens is 3. The normalized spacial score (nSPS) is 18.9. The molecule has 5 heteroatoms. The molecule has 0 radical (unpaired) electrons. The molecule has 1 heterocycles. The van der Waals surface area contributed by atoms with Crippen LogP contribution in [0.1, 0.15) is 38.3 Å². The summed E-state index contributed by atoms with van der Waals surface area (Å²) >= 11 is 3.55. The van der Waals surface area contributed by atoms with Crippen LogP contribution in [0.4, 0.5) is 4.39 Å². The predicted molar refractivity (Wildman–Crippen MR) is 92.6 cm³/mol. The molecule has 1 fully saturated rings. The third kappa shape index (κ3) is 4.65. The van der Waals surface area contributed by atoms with E-state index in [1.54, 1.807) is 12.1 Å². The van der Waals surface area contributed by atoms with Crippen molar-refractivity contribution in [2.45, 2.75) is 32.7 Å². The molecule has 1 aliphatic heterocycles. The highest BCUT2D eigenvalue weighted by molar-refractivity contribution is 9.10. The van der Waals surface area contributed by atoms with Gasteiger partial charge < -0.3 is 5.32 Å². The van der Waals surface area contributed by atoms with Crippen LogP contribution in [0.3, 0.4) is 0 Å². The number of hydrogen-bond donors (Lipinski definition) is 1. The summed E-state index contributed by atoms with van der Waals surface area (Å²) in [4.78, 5) is 2.43. The molecule has 0 amide bonds. The van der Waals surface area contributed by atoms with Crippen LogP contribution < -0.4 is 5.32 Å². The summed E-state index contributed by atoms with van der Waals surface area (Å²) in [5.74, 6) is 0.358. The fraction of sp³-hybridized carbons (Fsp3) is 0.625. The summed E-state index contributed by atoms with van der Waals surface area (Å²) in [7, 11) is 0. The maximum atomic E-state index is 14.4. The van der Waals surface area contributed by atoms with Crippen molar-refractivity contribution >= 4 is 28.3 Å². The summed E-state index contributed by atoms with van der Waals surface area (Å²) in [6.07, 6.45) is 2.26. The Morgan fingerprint density at radius 1 is 1.33 bits per heavy atom. The van der Waals surface area contributed by atoms with Crippen LogP contribution in [-0.2, 0) is 0 Å². The van der Waals surface area contributed by atoms with Crippen molar-refractivity contribution in [2.75, 3.05) is 26.2 Å². The lowest BCUT2D eigenvalue weighted by Crippen LogP contribution is -2.47. The van der Waals surface area contributed by atoms with Crippen molar-refractivity contribution in [1.82, 2.24) is 10.2 Å². The lowest BCUT2D eigenvalue weighted by atomic mass is 9.89. The Morgan fingerprint density at radius 2 is 2.00 bits per heavy atom. The average Bonchev–Trinajstić information content (AvgIpc) is 2.44. The molecule has 2 nitrogen and oxygen atoms in total. The van der Waals surface area contributed by atoms with Gasteiger partial charge in [-0.15, -0.1) is 12.4 Å². The maximum absolute atomic E-state index is 14.4. The van der Waals surface area contributed by atoms with Gasteiger partial charge in [0.05, 0.1) is 0 Å². The van der Waals surface area contributed by atoms with Crippen molar-refractivity contribution in [3.8, 4) is 0 Å². The standard InChI is InChI=1S/C16H24BrFN2.ClH/c1-3-5-12(2)16(20-10-8-19-9-11-20)15-13(17)6-4-7-14(15)18;/h4,6-7,12,16,19H,3,5,8-11H2,1-2H3;1H/t12?,16-;/m1./s1. The molecule has 1 aliphatic rings. The maximum Gasteiger partial charge on any atom is 0.129 e. The van der Waals surface area contributed by atoms with Gasteiger partial charge in [-0.05, 0) is 24.5 Å². The molecule has 0 aromatic heterocycles. The molecular formula is C16H25BrClFN2. The summed E-state index contributed by atoms with van der Waals surface area (Å²) in [6.45, 7) is 8.39. The summed E-state index contributed by atoms with van der Waals surface area (Å²) < 4.78 is 15.3. The lowest BCUT2D eigenvalue weighted by molar-refractivity contribution is 0.122. The van der Waals surface area contributed by atoms with Gasteiger partial charge >= 0.3 is 0 Å². The molecule has 120 valence electrons. The fourth-order valence-corrected chi connectivity index (χ4v) is 3.77. The van der Waals surface area contributed by atoms with Gasteiger partial charge in [-0.2, -0.15) is 0 Å². The molecule has 0 spiro atoms. The predicted octanol–water partition coefficient (Wildman–Crippen LogP) is 4.39. The van der Waals surface area contributed by atoms with E-state index in [4.69, 9.17) is 0 Å². The molecule has 1 saturated heterocycles. The van der Waals surface area contributed by atoms with Gasteiger partial charge in [0, 0.05) is 42.3 Å². The monoisotopic (exact) mass is 378 g/mol. The van der Waals surface area contributed by atoms with Gasteiger partial charge in [0.25, 0.3) is 0 Å².